The second kappa shape index (κ2) is 5.15. The summed E-state index contributed by atoms with van der Waals surface area (Å²) in [6.45, 7) is 5.07. The number of primary amides is 1. The first-order valence-electron chi connectivity index (χ1n) is 6.47. The zero-order chi connectivity index (χ0) is 11.5. The quantitative estimate of drug-likeness (QED) is 0.684. The number of rotatable bonds is 6. The smallest absolute Gasteiger partial charge is 0.234 e. The normalized spacial score (nSPS) is 30.8. The van der Waals surface area contributed by atoms with Gasteiger partial charge in [0.05, 0.1) is 6.04 Å². The van der Waals surface area contributed by atoms with E-state index in [-0.39, 0.29) is 11.9 Å². The SMILES string of the molecule is CCNC(CCN1CC2CCC1C2)C(N)=O. The van der Waals surface area contributed by atoms with Crippen LogP contribution >= 0.6 is 0 Å². The molecular weight excluding hydrogens is 202 g/mol. The molecule has 92 valence electrons. The van der Waals surface area contributed by atoms with Crippen LogP contribution in [-0.2, 0) is 4.79 Å². The molecule has 0 spiro atoms. The summed E-state index contributed by atoms with van der Waals surface area (Å²) in [6.07, 6.45) is 5.00. The molecule has 3 atom stereocenters. The lowest BCUT2D eigenvalue weighted by molar-refractivity contribution is -0.120. The number of fused-ring (bicyclic) bond motifs is 2. The number of carbonyl (C=O) groups excluding carboxylic acids is 1. The van der Waals surface area contributed by atoms with Crippen molar-refractivity contribution in [3.8, 4) is 0 Å². The summed E-state index contributed by atoms with van der Waals surface area (Å²) in [5.74, 6) is 0.711. The number of piperidine rings is 1. The Hall–Kier alpha value is -0.610. The minimum atomic E-state index is -0.216. The highest BCUT2D eigenvalue weighted by Gasteiger charge is 2.37. The zero-order valence-electron chi connectivity index (χ0n) is 10.1. The number of nitrogens with zero attached hydrogens (tertiary/aromatic N) is 1. The van der Waals surface area contributed by atoms with E-state index >= 15 is 0 Å². The van der Waals surface area contributed by atoms with Crippen molar-refractivity contribution in [1.82, 2.24) is 10.2 Å². The van der Waals surface area contributed by atoms with Crippen molar-refractivity contribution in [2.45, 2.75) is 44.7 Å². The van der Waals surface area contributed by atoms with E-state index in [0.29, 0.717) is 0 Å². The minimum absolute atomic E-state index is 0.149. The van der Waals surface area contributed by atoms with Gasteiger partial charge in [0.15, 0.2) is 0 Å². The third-order valence-electron chi connectivity index (χ3n) is 4.02. The monoisotopic (exact) mass is 225 g/mol. The van der Waals surface area contributed by atoms with Gasteiger partial charge in [0.2, 0.25) is 5.91 Å². The van der Waals surface area contributed by atoms with Gasteiger partial charge in [0, 0.05) is 19.1 Å². The molecule has 1 saturated carbocycles. The maximum atomic E-state index is 11.2. The van der Waals surface area contributed by atoms with E-state index in [1.165, 1.54) is 25.8 Å². The number of nitrogens with one attached hydrogen (secondary N) is 1. The largest absolute Gasteiger partial charge is 0.368 e. The highest BCUT2D eigenvalue weighted by molar-refractivity contribution is 5.79. The van der Waals surface area contributed by atoms with Crippen LogP contribution in [0.15, 0.2) is 0 Å². The molecular formula is C12H23N3O. The Bertz CT molecular complexity index is 257. The van der Waals surface area contributed by atoms with Gasteiger partial charge < -0.3 is 16.0 Å². The standard InChI is InChI=1S/C12H23N3O/c1-2-14-11(12(13)16)5-6-15-8-9-3-4-10(15)7-9/h9-11,14H,2-8H2,1H3,(H2,13,16). The van der Waals surface area contributed by atoms with Gasteiger partial charge in [-0.25, -0.2) is 0 Å². The molecule has 0 radical (unpaired) electrons. The van der Waals surface area contributed by atoms with Crippen LogP contribution in [0, 0.1) is 5.92 Å². The lowest BCUT2D eigenvalue weighted by Crippen LogP contribution is -2.44. The first kappa shape index (κ1) is 11.9. The second-order valence-electron chi connectivity index (χ2n) is 5.13. The van der Waals surface area contributed by atoms with Crippen LogP contribution < -0.4 is 11.1 Å². The lowest BCUT2D eigenvalue weighted by atomic mass is 10.1. The molecule has 2 bridgehead atoms. The first-order chi connectivity index (χ1) is 7.70. The van der Waals surface area contributed by atoms with Gasteiger partial charge >= 0.3 is 0 Å². The van der Waals surface area contributed by atoms with E-state index < -0.39 is 0 Å². The van der Waals surface area contributed by atoms with Crippen LogP contribution in [0.5, 0.6) is 0 Å². The summed E-state index contributed by atoms with van der Waals surface area (Å²) >= 11 is 0. The van der Waals surface area contributed by atoms with Crippen molar-refractivity contribution in [3.05, 3.63) is 0 Å². The van der Waals surface area contributed by atoms with Gasteiger partial charge in [-0.3, -0.25) is 4.79 Å². The minimum Gasteiger partial charge on any atom is -0.368 e. The van der Waals surface area contributed by atoms with Crippen LogP contribution in [0.3, 0.4) is 0 Å². The molecule has 4 heteroatoms. The molecule has 1 aliphatic carbocycles. The molecule has 3 N–H and O–H groups in total. The fraction of sp³-hybridized carbons (Fsp3) is 0.917. The van der Waals surface area contributed by atoms with Crippen LogP contribution in [0.25, 0.3) is 0 Å². The van der Waals surface area contributed by atoms with Gasteiger partial charge in [0.25, 0.3) is 0 Å². The number of hydrogen-bond donors (Lipinski definition) is 2. The fourth-order valence-corrected chi connectivity index (χ4v) is 3.19. The molecule has 2 fully saturated rings. The molecule has 4 nitrogen and oxygen atoms in total. The molecule has 1 aliphatic heterocycles. The van der Waals surface area contributed by atoms with Crippen molar-refractivity contribution in [2.24, 2.45) is 11.7 Å². The molecule has 0 aromatic heterocycles. The number of nitrogens with two attached hydrogens (primary N) is 1. The van der Waals surface area contributed by atoms with Crippen LogP contribution in [0.4, 0.5) is 0 Å². The summed E-state index contributed by atoms with van der Waals surface area (Å²) in [6, 6.07) is 0.643. The van der Waals surface area contributed by atoms with E-state index in [1.807, 2.05) is 6.92 Å². The van der Waals surface area contributed by atoms with Crippen molar-refractivity contribution in [2.75, 3.05) is 19.6 Å². The molecule has 16 heavy (non-hydrogen) atoms. The molecule has 3 unspecified atom stereocenters. The zero-order valence-corrected chi connectivity index (χ0v) is 10.1. The Kier molecular flexibility index (Phi) is 3.82. The second-order valence-corrected chi connectivity index (χ2v) is 5.13. The van der Waals surface area contributed by atoms with Gasteiger partial charge in [0.1, 0.15) is 0 Å². The predicted octanol–water partition coefficient (Wildman–Crippen LogP) is 0.324. The number of likely N-dealkylation sites (N-methyl/N-ethyl adjacent to an activating group) is 1. The highest BCUT2D eigenvalue weighted by Crippen LogP contribution is 2.37. The third kappa shape index (κ3) is 2.55. The van der Waals surface area contributed by atoms with E-state index in [0.717, 1.165) is 31.5 Å². The Balaban J connectivity index is 1.75. The fourth-order valence-electron chi connectivity index (χ4n) is 3.19. The summed E-state index contributed by atoms with van der Waals surface area (Å²) in [5.41, 5.74) is 5.36. The van der Waals surface area contributed by atoms with Crippen LogP contribution in [-0.4, -0.2) is 42.5 Å². The topological polar surface area (TPSA) is 58.4 Å². The maximum absolute atomic E-state index is 11.2. The number of likely N-dealkylation sites (tertiary alicyclic amines) is 1. The lowest BCUT2D eigenvalue weighted by Gasteiger charge is -2.28. The highest BCUT2D eigenvalue weighted by atomic mass is 16.1. The molecule has 1 saturated heterocycles. The van der Waals surface area contributed by atoms with Crippen molar-refractivity contribution in [1.29, 1.82) is 0 Å². The number of amides is 1. The summed E-state index contributed by atoms with van der Waals surface area (Å²) < 4.78 is 0. The molecule has 1 heterocycles. The Morgan fingerprint density at radius 2 is 2.38 bits per heavy atom. The van der Waals surface area contributed by atoms with Crippen molar-refractivity contribution < 1.29 is 4.79 Å². The van der Waals surface area contributed by atoms with Crippen LogP contribution in [0.1, 0.15) is 32.6 Å². The average Bonchev–Trinajstić information content (AvgIpc) is 2.85. The number of hydrogen-bond acceptors (Lipinski definition) is 3. The summed E-state index contributed by atoms with van der Waals surface area (Å²) in [5, 5.41) is 3.15. The van der Waals surface area contributed by atoms with E-state index in [1.54, 1.807) is 0 Å². The van der Waals surface area contributed by atoms with E-state index in [4.69, 9.17) is 5.73 Å². The number of carbonyl (C=O) groups is 1. The van der Waals surface area contributed by atoms with E-state index in [2.05, 4.69) is 10.2 Å². The van der Waals surface area contributed by atoms with Crippen LogP contribution in [0.2, 0.25) is 0 Å². The maximum Gasteiger partial charge on any atom is 0.234 e. The van der Waals surface area contributed by atoms with Gasteiger partial charge in [-0.15, -0.1) is 0 Å². The Morgan fingerprint density at radius 1 is 1.56 bits per heavy atom. The molecule has 0 aromatic rings. The molecule has 0 aromatic carbocycles. The van der Waals surface area contributed by atoms with E-state index in [9.17, 15) is 4.79 Å². The predicted molar refractivity (Wildman–Crippen MR) is 64.0 cm³/mol. The van der Waals surface area contributed by atoms with Gasteiger partial charge in [-0.1, -0.05) is 6.92 Å². The van der Waals surface area contributed by atoms with Crippen molar-refractivity contribution in [3.63, 3.8) is 0 Å². The average molecular weight is 225 g/mol. The molecule has 2 rings (SSSR count). The Labute approximate surface area is 97.6 Å². The van der Waals surface area contributed by atoms with Gasteiger partial charge in [-0.2, -0.15) is 0 Å². The Morgan fingerprint density at radius 3 is 2.88 bits per heavy atom. The first-order valence-corrected chi connectivity index (χ1v) is 6.47. The summed E-state index contributed by atoms with van der Waals surface area (Å²) in [4.78, 5) is 13.7. The van der Waals surface area contributed by atoms with Gasteiger partial charge in [-0.05, 0) is 38.1 Å². The summed E-state index contributed by atoms with van der Waals surface area (Å²) in [7, 11) is 0. The third-order valence-corrected chi connectivity index (χ3v) is 4.02. The molecule has 1 amide bonds. The molecule has 2 aliphatic rings. The van der Waals surface area contributed by atoms with Crippen molar-refractivity contribution >= 4 is 5.91 Å².